The number of ether oxygens (including phenoxy) is 1. The maximum Gasteiger partial charge on any atom is 0.324 e. The first-order valence-electron chi connectivity index (χ1n) is 7.16. The molecule has 0 aliphatic carbocycles. The van der Waals surface area contributed by atoms with Crippen LogP contribution in [0.25, 0.3) is 0 Å². The Morgan fingerprint density at radius 1 is 1.23 bits per heavy atom. The number of ketones is 1. The molecule has 0 spiro atoms. The van der Waals surface area contributed by atoms with Crippen molar-refractivity contribution < 1.29 is 22.7 Å². The van der Waals surface area contributed by atoms with Crippen molar-refractivity contribution in [3.8, 4) is 0 Å². The number of sulfonamides is 1. The van der Waals surface area contributed by atoms with E-state index in [9.17, 15) is 18.0 Å². The van der Waals surface area contributed by atoms with Crippen LogP contribution in [0, 0.1) is 0 Å². The molecule has 1 unspecified atom stereocenters. The monoisotopic (exact) mass is 325 g/mol. The average molecular weight is 325 g/mol. The minimum atomic E-state index is -3.75. The number of nitrogens with zero attached hydrogens (tertiary/aromatic N) is 1. The van der Waals surface area contributed by atoms with Gasteiger partial charge < -0.3 is 4.74 Å². The Morgan fingerprint density at radius 3 is 2.55 bits per heavy atom. The van der Waals surface area contributed by atoms with Crippen molar-refractivity contribution in [3.63, 3.8) is 0 Å². The molecule has 1 aliphatic rings. The molecule has 0 aromatic heterocycles. The van der Waals surface area contributed by atoms with E-state index in [1.165, 1.54) is 23.4 Å². The van der Waals surface area contributed by atoms with E-state index in [-0.39, 0.29) is 23.8 Å². The molecule has 0 amide bonds. The highest BCUT2D eigenvalue weighted by Gasteiger charge is 2.38. The molecule has 1 heterocycles. The molecule has 1 saturated heterocycles. The number of esters is 1. The number of carbonyl (C=O) groups excluding carboxylic acids is 2. The molecule has 7 heteroatoms. The minimum Gasteiger partial charge on any atom is -0.457 e. The lowest BCUT2D eigenvalue weighted by molar-refractivity contribution is -0.152. The smallest absolute Gasteiger partial charge is 0.324 e. The fourth-order valence-electron chi connectivity index (χ4n) is 2.43. The zero-order chi connectivity index (χ0) is 16.2. The van der Waals surface area contributed by atoms with Crippen LogP contribution in [0.5, 0.6) is 0 Å². The van der Waals surface area contributed by atoms with Gasteiger partial charge in [-0.15, -0.1) is 0 Å². The fourth-order valence-corrected chi connectivity index (χ4v) is 4.09. The molecule has 0 bridgehead atoms. The maximum absolute atomic E-state index is 12.7. The van der Waals surface area contributed by atoms with Crippen LogP contribution in [0.3, 0.4) is 0 Å². The molecular formula is C15H19NO5S. The van der Waals surface area contributed by atoms with Crippen molar-refractivity contribution in [2.24, 2.45) is 0 Å². The second-order valence-corrected chi connectivity index (χ2v) is 7.14. The Hall–Kier alpha value is -1.73. The van der Waals surface area contributed by atoms with E-state index in [1.807, 2.05) is 0 Å². The first kappa shape index (κ1) is 16.6. The second-order valence-electron chi connectivity index (χ2n) is 5.25. The van der Waals surface area contributed by atoms with Gasteiger partial charge in [-0.3, -0.25) is 9.59 Å². The van der Waals surface area contributed by atoms with Gasteiger partial charge in [0.2, 0.25) is 10.0 Å². The zero-order valence-corrected chi connectivity index (χ0v) is 13.2. The molecule has 2 rings (SSSR count). The molecule has 1 aromatic rings. The van der Waals surface area contributed by atoms with Gasteiger partial charge in [0.05, 0.1) is 4.90 Å². The van der Waals surface area contributed by atoms with Gasteiger partial charge in [0.1, 0.15) is 12.6 Å². The van der Waals surface area contributed by atoms with Gasteiger partial charge in [0.15, 0.2) is 5.78 Å². The Kier molecular flexibility index (Phi) is 5.31. The summed E-state index contributed by atoms with van der Waals surface area (Å²) < 4.78 is 31.5. The lowest BCUT2D eigenvalue weighted by Gasteiger charge is -2.32. The Balaban J connectivity index is 2.23. The van der Waals surface area contributed by atoms with Crippen molar-refractivity contribution in [2.45, 2.75) is 37.1 Å². The highest BCUT2D eigenvalue weighted by Crippen LogP contribution is 2.26. The highest BCUT2D eigenvalue weighted by molar-refractivity contribution is 7.89. The summed E-state index contributed by atoms with van der Waals surface area (Å²) in [6.45, 7) is 1.26. The molecular weight excluding hydrogens is 306 g/mol. The summed E-state index contributed by atoms with van der Waals surface area (Å²) in [6, 6.07) is 7.15. The molecule has 0 radical (unpaired) electrons. The van der Waals surface area contributed by atoms with E-state index >= 15 is 0 Å². The second kappa shape index (κ2) is 7.02. The van der Waals surface area contributed by atoms with Crippen LogP contribution in [0.2, 0.25) is 0 Å². The van der Waals surface area contributed by atoms with E-state index in [1.54, 1.807) is 18.2 Å². The van der Waals surface area contributed by atoms with Crippen LogP contribution in [0.1, 0.15) is 26.2 Å². The highest BCUT2D eigenvalue weighted by atomic mass is 32.2. The summed E-state index contributed by atoms with van der Waals surface area (Å²) >= 11 is 0. The van der Waals surface area contributed by atoms with Gasteiger partial charge in [0.25, 0.3) is 0 Å². The molecule has 6 nitrogen and oxygen atoms in total. The number of hydrogen-bond donors (Lipinski definition) is 0. The number of Topliss-reactive ketones (excluding diaryl/α,β-unsaturated/α-hetero) is 1. The van der Waals surface area contributed by atoms with Crippen molar-refractivity contribution >= 4 is 21.8 Å². The zero-order valence-electron chi connectivity index (χ0n) is 12.4. The van der Waals surface area contributed by atoms with Crippen LogP contribution in [-0.4, -0.2) is 43.7 Å². The van der Waals surface area contributed by atoms with Crippen LogP contribution < -0.4 is 0 Å². The maximum atomic E-state index is 12.7. The van der Waals surface area contributed by atoms with E-state index < -0.39 is 22.0 Å². The van der Waals surface area contributed by atoms with Gasteiger partial charge in [0, 0.05) is 6.54 Å². The van der Waals surface area contributed by atoms with E-state index in [0.29, 0.717) is 12.8 Å². The Bertz CT molecular complexity index is 641. The number of piperidine rings is 1. The van der Waals surface area contributed by atoms with Crippen molar-refractivity contribution in [1.82, 2.24) is 4.31 Å². The Morgan fingerprint density at radius 2 is 1.91 bits per heavy atom. The molecule has 22 heavy (non-hydrogen) atoms. The predicted octanol–water partition coefficient (Wildman–Crippen LogP) is 1.36. The summed E-state index contributed by atoms with van der Waals surface area (Å²) in [7, 11) is -3.75. The van der Waals surface area contributed by atoms with Crippen LogP contribution in [0.4, 0.5) is 0 Å². The fraction of sp³-hybridized carbons (Fsp3) is 0.467. The largest absolute Gasteiger partial charge is 0.457 e. The molecule has 0 saturated carbocycles. The van der Waals surface area contributed by atoms with Crippen molar-refractivity contribution in [3.05, 3.63) is 30.3 Å². The third kappa shape index (κ3) is 3.72. The van der Waals surface area contributed by atoms with Crippen molar-refractivity contribution in [1.29, 1.82) is 0 Å². The molecule has 0 N–H and O–H groups in total. The summed E-state index contributed by atoms with van der Waals surface area (Å²) in [5.41, 5.74) is 0. The first-order valence-corrected chi connectivity index (χ1v) is 8.60. The number of hydrogen-bond acceptors (Lipinski definition) is 5. The molecule has 1 aromatic carbocycles. The SMILES string of the molecule is CC(=O)COC(=O)C1CCCCN1S(=O)(=O)c1ccccc1. The van der Waals surface area contributed by atoms with Crippen LogP contribution >= 0.6 is 0 Å². The van der Waals surface area contributed by atoms with Gasteiger partial charge >= 0.3 is 5.97 Å². The minimum absolute atomic E-state index is 0.154. The number of benzene rings is 1. The lowest BCUT2D eigenvalue weighted by Crippen LogP contribution is -2.48. The van der Waals surface area contributed by atoms with Crippen LogP contribution in [0.15, 0.2) is 35.2 Å². The van der Waals surface area contributed by atoms with Gasteiger partial charge in [-0.2, -0.15) is 4.31 Å². The van der Waals surface area contributed by atoms with Gasteiger partial charge in [-0.1, -0.05) is 18.2 Å². The van der Waals surface area contributed by atoms with Crippen molar-refractivity contribution in [2.75, 3.05) is 13.2 Å². The lowest BCUT2D eigenvalue weighted by atomic mass is 10.1. The molecule has 1 atom stereocenters. The van der Waals surface area contributed by atoms with Crippen LogP contribution in [-0.2, 0) is 24.3 Å². The van der Waals surface area contributed by atoms with E-state index in [4.69, 9.17) is 4.74 Å². The van der Waals surface area contributed by atoms with E-state index in [2.05, 4.69) is 0 Å². The molecule has 120 valence electrons. The summed E-state index contributed by atoms with van der Waals surface area (Å²) in [5.74, 6) is -0.934. The van der Waals surface area contributed by atoms with Gasteiger partial charge in [-0.25, -0.2) is 8.42 Å². The summed E-state index contributed by atoms with van der Waals surface area (Å²) in [4.78, 5) is 23.2. The van der Waals surface area contributed by atoms with Gasteiger partial charge in [-0.05, 0) is 38.3 Å². The molecule has 1 aliphatic heterocycles. The predicted molar refractivity (Wildman–Crippen MR) is 79.6 cm³/mol. The number of rotatable bonds is 5. The number of carbonyl (C=O) groups is 2. The standard InChI is InChI=1S/C15H19NO5S/c1-12(17)11-21-15(18)14-9-5-6-10-16(14)22(19,20)13-7-3-2-4-8-13/h2-4,7-8,14H,5-6,9-11H2,1H3. The first-order chi connectivity index (χ1) is 10.4. The Labute approximate surface area is 130 Å². The average Bonchev–Trinajstić information content (AvgIpc) is 2.53. The summed E-state index contributed by atoms with van der Waals surface area (Å²) in [5, 5.41) is 0. The topological polar surface area (TPSA) is 80.8 Å². The summed E-state index contributed by atoms with van der Waals surface area (Å²) in [6.07, 6.45) is 1.85. The normalized spacial score (nSPS) is 19.6. The third-order valence-corrected chi connectivity index (χ3v) is 5.42. The van der Waals surface area contributed by atoms with E-state index in [0.717, 1.165) is 6.42 Å². The molecule has 1 fully saturated rings. The third-order valence-electron chi connectivity index (χ3n) is 3.49. The quantitative estimate of drug-likeness (QED) is 0.764.